The lowest BCUT2D eigenvalue weighted by Gasteiger charge is -2.15. The maximum absolute atomic E-state index is 11.3. The number of hydrogen-bond acceptors (Lipinski definition) is 4. The molecule has 86 valence electrons. The van der Waals surface area contributed by atoms with Crippen molar-refractivity contribution in [2.24, 2.45) is 0 Å². The quantitative estimate of drug-likeness (QED) is 0.540. The lowest BCUT2D eigenvalue weighted by molar-refractivity contribution is -0.137. The van der Waals surface area contributed by atoms with Crippen LogP contribution in [0.3, 0.4) is 0 Å². The Labute approximate surface area is 99.1 Å². The summed E-state index contributed by atoms with van der Waals surface area (Å²) in [5.74, 6) is -0.943. The molecule has 4 nitrogen and oxygen atoms in total. The van der Waals surface area contributed by atoms with Crippen molar-refractivity contribution in [3.05, 3.63) is 29.8 Å². The third-order valence-electron chi connectivity index (χ3n) is 2.12. The second-order valence-electron chi connectivity index (χ2n) is 3.32. The number of nitrogens with one attached hydrogen (secondary N) is 1. The number of carboxylic acid groups (broad SMARTS) is 1. The fourth-order valence-corrected chi connectivity index (χ4v) is 1.54. The fourth-order valence-electron chi connectivity index (χ4n) is 1.29. The van der Waals surface area contributed by atoms with Gasteiger partial charge >= 0.3 is 5.97 Å². The first kappa shape index (κ1) is 12.6. The van der Waals surface area contributed by atoms with Gasteiger partial charge in [-0.3, -0.25) is 4.79 Å². The van der Waals surface area contributed by atoms with E-state index in [4.69, 9.17) is 5.11 Å². The minimum atomic E-state index is -0.992. The number of rotatable bonds is 5. The Hall–Kier alpha value is -1.49. The number of aliphatic carboxylic acids is 1. The Balaban J connectivity index is 2.95. The molecule has 0 radical (unpaired) electrons. The lowest BCUT2D eigenvalue weighted by Crippen LogP contribution is -2.31. The molecular formula is C11H13NO3S. The molecule has 2 N–H and O–H groups in total. The fraction of sp³-hybridized carbons (Fsp3) is 0.273. The number of para-hydroxylation sites is 1. The molecule has 5 heteroatoms. The van der Waals surface area contributed by atoms with Crippen LogP contribution in [-0.2, 0) is 4.79 Å². The van der Waals surface area contributed by atoms with Gasteiger partial charge in [0.25, 0.3) is 0 Å². The van der Waals surface area contributed by atoms with E-state index in [2.05, 4.69) is 17.9 Å². The Kier molecular flexibility index (Phi) is 4.37. The Bertz CT molecular complexity index is 406. The molecule has 0 fully saturated rings. The molecule has 0 amide bonds. The van der Waals surface area contributed by atoms with Gasteiger partial charge in [0.2, 0.25) is 0 Å². The van der Waals surface area contributed by atoms with Gasteiger partial charge < -0.3 is 10.4 Å². The van der Waals surface area contributed by atoms with Crippen molar-refractivity contribution in [2.75, 3.05) is 11.1 Å². The normalized spacial score (nSPS) is 11.9. The number of carbonyl (C=O) groups excluding carboxylic acids is 1. The molecular weight excluding hydrogens is 226 g/mol. The number of carbonyl (C=O) groups is 2. The zero-order valence-electron chi connectivity index (χ0n) is 8.80. The number of ketones is 1. The van der Waals surface area contributed by atoms with Gasteiger partial charge in [0.1, 0.15) is 6.04 Å². The summed E-state index contributed by atoms with van der Waals surface area (Å²) in [5.41, 5.74) is 1.01. The van der Waals surface area contributed by atoms with Crippen LogP contribution in [0.2, 0.25) is 0 Å². The van der Waals surface area contributed by atoms with Crippen molar-refractivity contribution in [1.82, 2.24) is 0 Å². The standard InChI is InChI=1S/C11H13NO3S/c1-7(13)8-4-2-3-5-9(8)12-10(6-16)11(14)15/h2-5,10,12,16H,6H2,1H3,(H,14,15). The Morgan fingerprint density at radius 1 is 1.44 bits per heavy atom. The van der Waals surface area contributed by atoms with Crippen LogP contribution in [-0.4, -0.2) is 28.7 Å². The van der Waals surface area contributed by atoms with Crippen LogP contribution in [0, 0.1) is 0 Å². The van der Waals surface area contributed by atoms with Crippen molar-refractivity contribution in [3.63, 3.8) is 0 Å². The van der Waals surface area contributed by atoms with Gasteiger partial charge in [-0.15, -0.1) is 0 Å². The highest BCUT2D eigenvalue weighted by Crippen LogP contribution is 2.16. The molecule has 0 aliphatic carbocycles. The summed E-state index contributed by atoms with van der Waals surface area (Å²) in [6, 6.07) is 6.01. The lowest BCUT2D eigenvalue weighted by atomic mass is 10.1. The van der Waals surface area contributed by atoms with Crippen LogP contribution in [0.1, 0.15) is 17.3 Å². The Morgan fingerprint density at radius 2 is 2.06 bits per heavy atom. The van der Waals surface area contributed by atoms with Crippen LogP contribution in [0.5, 0.6) is 0 Å². The summed E-state index contributed by atoms with van der Waals surface area (Å²) in [7, 11) is 0. The molecule has 0 heterocycles. The zero-order valence-corrected chi connectivity index (χ0v) is 9.70. The molecule has 0 saturated carbocycles. The number of anilines is 1. The summed E-state index contributed by atoms with van der Waals surface area (Å²) in [6.07, 6.45) is 0. The molecule has 0 spiro atoms. The average molecular weight is 239 g/mol. The van der Waals surface area contributed by atoms with E-state index in [9.17, 15) is 9.59 Å². The molecule has 0 bridgehead atoms. The van der Waals surface area contributed by atoms with Crippen LogP contribution in [0.25, 0.3) is 0 Å². The average Bonchev–Trinajstić information content (AvgIpc) is 2.25. The Morgan fingerprint density at radius 3 is 2.56 bits per heavy atom. The number of carboxylic acids is 1. The van der Waals surface area contributed by atoms with Crippen molar-refractivity contribution < 1.29 is 14.7 Å². The van der Waals surface area contributed by atoms with Crippen molar-refractivity contribution in [2.45, 2.75) is 13.0 Å². The van der Waals surface area contributed by atoms with Crippen molar-refractivity contribution in [3.8, 4) is 0 Å². The van der Waals surface area contributed by atoms with E-state index in [-0.39, 0.29) is 11.5 Å². The van der Waals surface area contributed by atoms with E-state index in [1.165, 1.54) is 6.92 Å². The van der Waals surface area contributed by atoms with Gasteiger partial charge in [-0.25, -0.2) is 4.79 Å². The van der Waals surface area contributed by atoms with E-state index in [0.29, 0.717) is 11.3 Å². The highest BCUT2D eigenvalue weighted by Gasteiger charge is 2.17. The smallest absolute Gasteiger partial charge is 0.326 e. The van der Waals surface area contributed by atoms with Gasteiger partial charge in [-0.2, -0.15) is 12.6 Å². The third-order valence-corrected chi connectivity index (χ3v) is 2.48. The molecule has 0 aliphatic heterocycles. The minimum Gasteiger partial charge on any atom is -0.480 e. The molecule has 1 atom stereocenters. The minimum absolute atomic E-state index is 0.105. The van der Waals surface area contributed by atoms with Crippen molar-refractivity contribution >= 4 is 30.1 Å². The second-order valence-corrected chi connectivity index (χ2v) is 3.68. The first-order valence-electron chi connectivity index (χ1n) is 4.76. The molecule has 16 heavy (non-hydrogen) atoms. The number of thiol groups is 1. The SMILES string of the molecule is CC(=O)c1ccccc1NC(CS)C(=O)O. The molecule has 1 unspecified atom stereocenters. The second kappa shape index (κ2) is 5.55. The summed E-state index contributed by atoms with van der Waals surface area (Å²) < 4.78 is 0. The molecule has 0 aliphatic rings. The first-order valence-corrected chi connectivity index (χ1v) is 5.39. The van der Waals surface area contributed by atoms with E-state index >= 15 is 0 Å². The molecule has 1 rings (SSSR count). The molecule has 0 saturated heterocycles. The van der Waals surface area contributed by atoms with Gasteiger partial charge in [0, 0.05) is 17.0 Å². The monoisotopic (exact) mass is 239 g/mol. The van der Waals surface area contributed by atoms with E-state index in [1.54, 1.807) is 24.3 Å². The maximum Gasteiger partial charge on any atom is 0.326 e. The summed E-state index contributed by atoms with van der Waals surface area (Å²) in [5, 5.41) is 11.6. The predicted octanol–water partition coefficient (Wildman–Crippen LogP) is 1.68. The zero-order chi connectivity index (χ0) is 12.1. The summed E-state index contributed by atoms with van der Waals surface area (Å²) in [4.78, 5) is 22.1. The van der Waals surface area contributed by atoms with Gasteiger partial charge in [-0.1, -0.05) is 12.1 Å². The van der Waals surface area contributed by atoms with E-state index < -0.39 is 12.0 Å². The van der Waals surface area contributed by atoms with Crippen LogP contribution in [0.15, 0.2) is 24.3 Å². The van der Waals surface area contributed by atoms with Crippen LogP contribution in [0.4, 0.5) is 5.69 Å². The highest BCUT2D eigenvalue weighted by molar-refractivity contribution is 7.80. The number of hydrogen-bond donors (Lipinski definition) is 3. The summed E-state index contributed by atoms with van der Waals surface area (Å²) >= 11 is 3.94. The van der Waals surface area contributed by atoms with Crippen LogP contribution < -0.4 is 5.32 Å². The largest absolute Gasteiger partial charge is 0.480 e. The third kappa shape index (κ3) is 3.00. The van der Waals surface area contributed by atoms with E-state index in [1.807, 2.05) is 0 Å². The molecule has 0 aromatic heterocycles. The molecule has 1 aromatic rings. The number of benzene rings is 1. The highest BCUT2D eigenvalue weighted by atomic mass is 32.1. The molecule has 1 aromatic carbocycles. The van der Waals surface area contributed by atoms with Crippen LogP contribution >= 0.6 is 12.6 Å². The predicted molar refractivity (Wildman–Crippen MR) is 65.3 cm³/mol. The summed E-state index contributed by atoms with van der Waals surface area (Å²) in [6.45, 7) is 1.44. The van der Waals surface area contributed by atoms with Crippen molar-refractivity contribution in [1.29, 1.82) is 0 Å². The van der Waals surface area contributed by atoms with Gasteiger partial charge in [-0.05, 0) is 19.1 Å². The van der Waals surface area contributed by atoms with Gasteiger partial charge in [0.05, 0.1) is 0 Å². The number of Topliss-reactive ketones (excluding diaryl/α,β-unsaturated/α-hetero) is 1. The first-order chi connectivity index (χ1) is 7.56. The maximum atomic E-state index is 11.3. The van der Waals surface area contributed by atoms with Gasteiger partial charge in [0.15, 0.2) is 5.78 Å². The van der Waals surface area contributed by atoms with E-state index in [0.717, 1.165) is 0 Å². The topological polar surface area (TPSA) is 66.4 Å².